The molecule has 1 aliphatic rings. The summed E-state index contributed by atoms with van der Waals surface area (Å²) in [5.74, 6) is 0. The van der Waals surface area contributed by atoms with Gasteiger partial charge in [0.2, 0.25) is 0 Å². The van der Waals surface area contributed by atoms with Crippen LogP contribution in [0.3, 0.4) is 0 Å². The predicted molar refractivity (Wildman–Crippen MR) is 59.9 cm³/mol. The van der Waals surface area contributed by atoms with Crippen molar-refractivity contribution in [3.05, 3.63) is 21.9 Å². The number of aryl methyl sites for hydroxylation is 1. The third-order valence-electron chi connectivity index (χ3n) is 2.84. The molecule has 0 saturated heterocycles. The van der Waals surface area contributed by atoms with Crippen molar-refractivity contribution >= 4 is 11.3 Å². The summed E-state index contributed by atoms with van der Waals surface area (Å²) in [5, 5.41) is 5.45. The van der Waals surface area contributed by atoms with Gasteiger partial charge in [0.25, 0.3) is 0 Å². The zero-order chi connectivity index (χ0) is 9.97. The Kier molecular flexibility index (Phi) is 3.21. The van der Waals surface area contributed by atoms with Crippen molar-refractivity contribution in [2.24, 2.45) is 0 Å². The minimum atomic E-state index is 0.240. The second kappa shape index (κ2) is 4.43. The van der Waals surface area contributed by atoms with Gasteiger partial charge in [0.15, 0.2) is 0 Å². The molecule has 2 nitrogen and oxygen atoms in total. The molecule has 1 aliphatic heterocycles. The van der Waals surface area contributed by atoms with Crippen LogP contribution in [0.5, 0.6) is 0 Å². The van der Waals surface area contributed by atoms with Crippen LogP contribution < -0.4 is 5.32 Å². The quantitative estimate of drug-likeness (QED) is 0.811. The molecule has 2 atom stereocenters. The summed E-state index contributed by atoms with van der Waals surface area (Å²) in [7, 11) is 1.99. The lowest BCUT2D eigenvalue weighted by atomic mass is 10.0. The first-order valence-corrected chi connectivity index (χ1v) is 6.06. The van der Waals surface area contributed by atoms with Gasteiger partial charge in [-0.2, -0.15) is 0 Å². The number of ether oxygens (including phenoxy) is 1. The van der Waals surface area contributed by atoms with Gasteiger partial charge in [0, 0.05) is 17.5 Å². The van der Waals surface area contributed by atoms with Crippen LogP contribution in [-0.4, -0.2) is 19.7 Å². The highest BCUT2D eigenvalue weighted by Gasteiger charge is 2.24. The molecule has 1 N–H and O–H groups in total. The molecule has 2 heterocycles. The number of likely N-dealkylation sites (N-methyl/N-ethyl adjacent to an activating group) is 1. The fourth-order valence-corrected chi connectivity index (χ4v) is 2.87. The van der Waals surface area contributed by atoms with Gasteiger partial charge < -0.3 is 10.1 Å². The first kappa shape index (κ1) is 10.1. The normalized spacial score (nSPS) is 24.0. The number of rotatable bonds is 2. The lowest BCUT2D eigenvalue weighted by molar-refractivity contribution is 0.0350. The van der Waals surface area contributed by atoms with Crippen LogP contribution in [-0.2, 0) is 11.2 Å². The molecule has 14 heavy (non-hydrogen) atoms. The Morgan fingerprint density at radius 2 is 2.50 bits per heavy atom. The van der Waals surface area contributed by atoms with Crippen molar-refractivity contribution in [1.82, 2.24) is 5.32 Å². The van der Waals surface area contributed by atoms with E-state index in [1.54, 1.807) is 0 Å². The van der Waals surface area contributed by atoms with Crippen LogP contribution in [0, 0.1) is 0 Å². The highest BCUT2D eigenvalue weighted by molar-refractivity contribution is 7.10. The third kappa shape index (κ3) is 1.85. The second-order valence-electron chi connectivity index (χ2n) is 3.77. The van der Waals surface area contributed by atoms with Crippen molar-refractivity contribution in [2.45, 2.75) is 31.9 Å². The van der Waals surface area contributed by atoms with Gasteiger partial charge in [0.1, 0.15) is 0 Å². The van der Waals surface area contributed by atoms with E-state index in [0.29, 0.717) is 6.04 Å². The van der Waals surface area contributed by atoms with E-state index >= 15 is 0 Å². The molecule has 0 saturated carbocycles. The van der Waals surface area contributed by atoms with E-state index in [1.165, 1.54) is 16.9 Å². The molecule has 0 bridgehead atoms. The molecular weight excluding hydrogens is 194 g/mol. The summed E-state index contributed by atoms with van der Waals surface area (Å²) in [6.45, 7) is 3.07. The first-order valence-electron chi connectivity index (χ1n) is 5.18. The lowest BCUT2D eigenvalue weighted by Crippen LogP contribution is -2.30. The van der Waals surface area contributed by atoms with Crippen LogP contribution >= 0.6 is 11.3 Å². The molecule has 78 valence electrons. The van der Waals surface area contributed by atoms with Crippen LogP contribution in [0.25, 0.3) is 0 Å². The maximum absolute atomic E-state index is 5.88. The average Bonchev–Trinajstić information content (AvgIpc) is 2.57. The highest BCUT2D eigenvalue weighted by atomic mass is 32.1. The molecule has 2 rings (SSSR count). The fourth-order valence-electron chi connectivity index (χ4n) is 1.91. The maximum Gasteiger partial charge on any atom is 0.0985 e. The van der Waals surface area contributed by atoms with Crippen molar-refractivity contribution in [1.29, 1.82) is 0 Å². The second-order valence-corrected chi connectivity index (χ2v) is 4.77. The van der Waals surface area contributed by atoms with Crippen LogP contribution in [0.4, 0.5) is 0 Å². The van der Waals surface area contributed by atoms with Crippen molar-refractivity contribution in [3.63, 3.8) is 0 Å². The highest BCUT2D eigenvalue weighted by Crippen LogP contribution is 2.32. The van der Waals surface area contributed by atoms with E-state index < -0.39 is 0 Å². The number of thiophene rings is 1. The smallest absolute Gasteiger partial charge is 0.0985 e. The molecule has 1 aromatic heterocycles. The molecule has 0 fully saturated rings. The van der Waals surface area contributed by atoms with Crippen LogP contribution in [0.1, 0.15) is 29.9 Å². The lowest BCUT2D eigenvalue weighted by Gasteiger charge is -2.22. The number of nitrogens with one attached hydrogen (secondary N) is 1. The Morgan fingerprint density at radius 1 is 1.64 bits per heavy atom. The zero-order valence-electron chi connectivity index (χ0n) is 8.75. The standard InChI is InChI=1S/C11H17NOS/c1-8(12-2)11-9-5-7-14-10(9)4-3-6-13-11/h5,7-8,11-12H,3-4,6H2,1-2H3/t8-,11+/m1/s1. The summed E-state index contributed by atoms with van der Waals surface area (Å²) in [4.78, 5) is 1.51. The summed E-state index contributed by atoms with van der Waals surface area (Å²) < 4.78 is 5.88. The van der Waals surface area contributed by atoms with E-state index in [0.717, 1.165) is 13.0 Å². The monoisotopic (exact) mass is 211 g/mol. The molecule has 0 spiro atoms. The van der Waals surface area contributed by atoms with E-state index in [-0.39, 0.29) is 6.10 Å². The molecule has 0 aliphatic carbocycles. The maximum atomic E-state index is 5.88. The zero-order valence-corrected chi connectivity index (χ0v) is 9.56. The topological polar surface area (TPSA) is 21.3 Å². The number of hydrogen-bond donors (Lipinski definition) is 1. The molecule has 3 heteroatoms. The Bertz CT molecular complexity index is 297. The molecule has 0 aromatic carbocycles. The van der Waals surface area contributed by atoms with E-state index in [1.807, 2.05) is 18.4 Å². The Morgan fingerprint density at radius 3 is 3.29 bits per heavy atom. The van der Waals surface area contributed by atoms with Gasteiger partial charge in [-0.05, 0) is 43.8 Å². The van der Waals surface area contributed by atoms with Crippen LogP contribution in [0.2, 0.25) is 0 Å². The number of hydrogen-bond acceptors (Lipinski definition) is 3. The minimum Gasteiger partial charge on any atom is -0.372 e. The Balaban J connectivity index is 2.26. The molecule has 1 aromatic rings. The predicted octanol–water partition coefficient (Wildman–Crippen LogP) is 2.36. The molecular formula is C11H17NOS. The first-order chi connectivity index (χ1) is 6.83. The van der Waals surface area contributed by atoms with Crippen LogP contribution in [0.15, 0.2) is 11.4 Å². The third-order valence-corrected chi connectivity index (χ3v) is 3.84. The van der Waals surface area contributed by atoms with Gasteiger partial charge in [-0.25, -0.2) is 0 Å². The van der Waals surface area contributed by atoms with Gasteiger partial charge in [0.05, 0.1) is 6.10 Å². The summed E-state index contributed by atoms with van der Waals surface area (Å²) in [5.41, 5.74) is 1.40. The fraction of sp³-hybridized carbons (Fsp3) is 0.636. The summed E-state index contributed by atoms with van der Waals surface area (Å²) in [6, 6.07) is 2.60. The minimum absolute atomic E-state index is 0.240. The summed E-state index contributed by atoms with van der Waals surface area (Å²) >= 11 is 1.86. The Hall–Kier alpha value is -0.380. The summed E-state index contributed by atoms with van der Waals surface area (Å²) in [6.07, 6.45) is 2.57. The van der Waals surface area contributed by atoms with Gasteiger partial charge in [-0.15, -0.1) is 11.3 Å². The van der Waals surface area contributed by atoms with E-state index in [4.69, 9.17) is 4.74 Å². The molecule has 0 radical (unpaired) electrons. The Labute approximate surface area is 89.3 Å². The van der Waals surface area contributed by atoms with E-state index in [9.17, 15) is 0 Å². The average molecular weight is 211 g/mol. The molecule has 0 unspecified atom stereocenters. The largest absolute Gasteiger partial charge is 0.372 e. The van der Waals surface area contributed by atoms with Crippen molar-refractivity contribution < 1.29 is 4.74 Å². The van der Waals surface area contributed by atoms with Crippen molar-refractivity contribution in [2.75, 3.05) is 13.7 Å². The van der Waals surface area contributed by atoms with E-state index in [2.05, 4.69) is 23.7 Å². The number of fused-ring (bicyclic) bond motifs is 1. The van der Waals surface area contributed by atoms with Gasteiger partial charge in [-0.3, -0.25) is 0 Å². The van der Waals surface area contributed by atoms with Gasteiger partial charge >= 0.3 is 0 Å². The van der Waals surface area contributed by atoms with Crippen molar-refractivity contribution in [3.8, 4) is 0 Å². The van der Waals surface area contributed by atoms with Gasteiger partial charge in [-0.1, -0.05) is 0 Å². The molecule has 0 amide bonds. The SMILES string of the molecule is CN[C@H](C)[C@@H]1OCCCc2sccc21.